The fraction of sp³-hybridized carbons (Fsp3) is 0.357. The van der Waals surface area contributed by atoms with Crippen LogP contribution in [0.2, 0.25) is 0 Å². The number of anilines is 1. The summed E-state index contributed by atoms with van der Waals surface area (Å²) in [6, 6.07) is 5.96. The zero-order valence-electron chi connectivity index (χ0n) is 11.8. The predicted molar refractivity (Wildman–Crippen MR) is 78.1 cm³/mol. The minimum atomic E-state index is -0.911. The van der Waals surface area contributed by atoms with Gasteiger partial charge in [0, 0.05) is 12.2 Å². The summed E-state index contributed by atoms with van der Waals surface area (Å²) in [7, 11) is 0. The standard InChI is InChI=1S/C14H19N3O4/c1-2-7-15-12(18)9-16-14(21)17-11-5-3-10(4-6-11)8-13(19)20/h3-6H,2,7-9H2,1H3,(H,15,18)(H,19,20)(H2,16,17,21). The van der Waals surface area contributed by atoms with Crippen LogP contribution < -0.4 is 16.0 Å². The first-order valence-electron chi connectivity index (χ1n) is 6.63. The highest BCUT2D eigenvalue weighted by Gasteiger charge is 2.05. The van der Waals surface area contributed by atoms with Crippen molar-refractivity contribution in [2.24, 2.45) is 0 Å². The molecule has 0 unspecified atom stereocenters. The van der Waals surface area contributed by atoms with E-state index in [1.165, 1.54) is 0 Å². The molecule has 0 aliphatic rings. The van der Waals surface area contributed by atoms with E-state index >= 15 is 0 Å². The largest absolute Gasteiger partial charge is 0.481 e. The highest BCUT2D eigenvalue weighted by atomic mass is 16.4. The van der Waals surface area contributed by atoms with Crippen LogP contribution >= 0.6 is 0 Å². The van der Waals surface area contributed by atoms with Gasteiger partial charge in [0.1, 0.15) is 0 Å². The lowest BCUT2D eigenvalue weighted by atomic mass is 10.1. The smallest absolute Gasteiger partial charge is 0.319 e. The number of aliphatic carboxylic acids is 1. The Morgan fingerprint density at radius 2 is 1.76 bits per heavy atom. The van der Waals surface area contributed by atoms with E-state index < -0.39 is 12.0 Å². The highest BCUT2D eigenvalue weighted by molar-refractivity contribution is 5.92. The summed E-state index contributed by atoms with van der Waals surface area (Å²) in [6.07, 6.45) is 0.769. The van der Waals surface area contributed by atoms with Crippen LogP contribution in [0.4, 0.5) is 10.5 Å². The second kappa shape index (κ2) is 8.57. The number of amides is 3. The Morgan fingerprint density at radius 1 is 1.10 bits per heavy atom. The fourth-order valence-corrected chi connectivity index (χ4v) is 1.54. The lowest BCUT2D eigenvalue weighted by Gasteiger charge is -2.08. The van der Waals surface area contributed by atoms with Crippen molar-refractivity contribution in [3.8, 4) is 0 Å². The zero-order valence-corrected chi connectivity index (χ0v) is 11.8. The molecule has 0 atom stereocenters. The number of hydrogen-bond acceptors (Lipinski definition) is 3. The maximum atomic E-state index is 11.6. The van der Waals surface area contributed by atoms with E-state index in [1.807, 2.05) is 6.92 Å². The molecule has 0 aliphatic carbocycles. The molecule has 0 saturated carbocycles. The lowest BCUT2D eigenvalue weighted by molar-refractivity contribution is -0.136. The van der Waals surface area contributed by atoms with Crippen LogP contribution in [0, 0.1) is 0 Å². The number of carbonyl (C=O) groups is 3. The van der Waals surface area contributed by atoms with E-state index in [0.29, 0.717) is 17.8 Å². The number of nitrogens with one attached hydrogen (secondary N) is 3. The number of urea groups is 1. The van der Waals surface area contributed by atoms with Crippen LogP contribution in [0.3, 0.4) is 0 Å². The molecular weight excluding hydrogens is 274 g/mol. The van der Waals surface area contributed by atoms with Gasteiger partial charge in [0.05, 0.1) is 13.0 Å². The lowest BCUT2D eigenvalue weighted by Crippen LogP contribution is -2.39. The molecule has 0 saturated heterocycles. The summed E-state index contributed by atoms with van der Waals surface area (Å²) in [5, 5.41) is 16.3. The Morgan fingerprint density at radius 3 is 2.33 bits per heavy atom. The van der Waals surface area contributed by atoms with Crippen LogP contribution in [0.25, 0.3) is 0 Å². The number of benzene rings is 1. The normalized spacial score (nSPS) is 9.76. The number of carboxylic acid groups (broad SMARTS) is 1. The third-order valence-electron chi connectivity index (χ3n) is 2.55. The van der Waals surface area contributed by atoms with Gasteiger partial charge in [-0.3, -0.25) is 9.59 Å². The molecule has 0 bridgehead atoms. The maximum Gasteiger partial charge on any atom is 0.319 e. The molecule has 0 spiro atoms. The monoisotopic (exact) mass is 293 g/mol. The molecule has 0 fully saturated rings. The van der Waals surface area contributed by atoms with E-state index in [1.54, 1.807) is 24.3 Å². The SMILES string of the molecule is CCCNC(=O)CNC(=O)Nc1ccc(CC(=O)O)cc1. The topological polar surface area (TPSA) is 108 Å². The summed E-state index contributed by atoms with van der Waals surface area (Å²) < 4.78 is 0. The summed E-state index contributed by atoms with van der Waals surface area (Å²) in [5.74, 6) is -1.16. The molecule has 1 aromatic carbocycles. The van der Waals surface area contributed by atoms with Crippen molar-refractivity contribution in [3.05, 3.63) is 29.8 Å². The van der Waals surface area contributed by atoms with Gasteiger partial charge in [0.15, 0.2) is 0 Å². The minimum Gasteiger partial charge on any atom is -0.481 e. The number of carbonyl (C=O) groups excluding carboxylic acids is 2. The van der Waals surface area contributed by atoms with E-state index in [9.17, 15) is 14.4 Å². The van der Waals surface area contributed by atoms with Crippen molar-refractivity contribution in [2.75, 3.05) is 18.4 Å². The Bertz CT molecular complexity index is 499. The van der Waals surface area contributed by atoms with Crippen molar-refractivity contribution in [2.45, 2.75) is 19.8 Å². The first-order chi connectivity index (χ1) is 10.0. The quantitative estimate of drug-likeness (QED) is 0.600. The Kier molecular flexibility index (Phi) is 6.73. The molecule has 0 radical (unpaired) electrons. The van der Waals surface area contributed by atoms with Gasteiger partial charge in [-0.1, -0.05) is 19.1 Å². The zero-order chi connectivity index (χ0) is 15.7. The van der Waals surface area contributed by atoms with Gasteiger partial charge in [-0.25, -0.2) is 4.79 Å². The molecule has 3 amide bonds. The molecular formula is C14H19N3O4. The molecule has 7 heteroatoms. The number of rotatable bonds is 7. The van der Waals surface area contributed by atoms with Crippen molar-refractivity contribution in [1.29, 1.82) is 0 Å². The Hall–Kier alpha value is -2.57. The Balaban J connectivity index is 2.37. The van der Waals surface area contributed by atoms with Crippen LogP contribution in [0.1, 0.15) is 18.9 Å². The molecule has 0 heterocycles. The van der Waals surface area contributed by atoms with Crippen molar-refractivity contribution in [1.82, 2.24) is 10.6 Å². The average molecular weight is 293 g/mol. The van der Waals surface area contributed by atoms with E-state index in [0.717, 1.165) is 6.42 Å². The first kappa shape index (κ1) is 16.5. The fourth-order valence-electron chi connectivity index (χ4n) is 1.54. The molecule has 1 aromatic rings. The number of carboxylic acids is 1. The first-order valence-corrected chi connectivity index (χ1v) is 6.63. The summed E-state index contributed by atoms with van der Waals surface area (Å²) in [5.41, 5.74) is 1.17. The Labute approximate surface area is 122 Å². The molecule has 7 nitrogen and oxygen atoms in total. The van der Waals surface area contributed by atoms with Crippen LogP contribution in [0.15, 0.2) is 24.3 Å². The average Bonchev–Trinajstić information content (AvgIpc) is 2.44. The molecule has 114 valence electrons. The van der Waals surface area contributed by atoms with E-state index in [2.05, 4.69) is 16.0 Å². The van der Waals surface area contributed by atoms with E-state index in [4.69, 9.17) is 5.11 Å². The third kappa shape index (κ3) is 6.95. The van der Waals surface area contributed by atoms with Crippen LogP contribution in [0.5, 0.6) is 0 Å². The molecule has 0 aliphatic heterocycles. The predicted octanol–water partition coefficient (Wildman–Crippen LogP) is 0.961. The second-order valence-corrected chi connectivity index (χ2v) is 4.43. The van der Waals surface area contributed by atoms with Gasteiger partial charge in [-0.2, -0.15) is 0 Å². The second-order valence-electron chi connectivity index (χ2n) is 4.43. The number of hydrogen-bond donors (Lipinski definition) is 4. The van der Waals surface area contributed by atoms with Gasteiger partial charge in [-0.05, 0) is 24.1 Å². The molecule has 0 aromatic heterocycles. The van der Waals surface area contributed by atoms with Crippen molar-refractivity contribution < 1.29 is 19.5 Å². The summed E-state index contributed by atoms with van der Waals surface area (Å²) in [6.45, 7) is 2.42. The van der Waals surface area contributed by atoms with Crippen molar-refractivity contribution >= 4 is 23.6 Å². The van der Waals surface area contributed by atoms with Gasteiger partial charge in [-0.15, -0.1) is 0 Å². The van der Waals surface area contributed by atoms with Gasteiger partial charge in [0.2, 0.25) is 5.91 Å². The molecule has 4 N–H and O–H groups in total. The van der Waals surface area contributed by atoms with Gasteiger partial charge >= 0.3 is 12.0 Å². The van der Waals surface area contributed by atoms with Crippen LogP contribution in [-0.2, 0) is 16.0 Å². The third-order valence-corrected chi connectivity index (χ3v) is 2.55. The highest BCUT2D eigenvalue weighted by Crippen LogP contribution is 2.09. The van der Waals surface area contributed by atoms with Crippen LogP contribution in [-0.4, -0.2) is 36.1 Å². The van der Waals surface area contributed by atoms with E-state index in [-0.39, 0.29) is 18.9 Å². The van der Waals surface area contributed by atoms with Crippen molar-refractivity contribution in [3.63, 3.8) is 0 Å². The van der Waals surface area contributed by atoms with Gasteiger partial charge in [0.25, 0.3) is 0 Å². The molecule has 21 heavy (non-hydrogen) atoms. The summed E-state index contributed by atoms with van der Waals surface area (Å²) in [4.78, 5) is 33.4. The maximum absolute atomic E-state index is 11.6. The van der Waals surface area contributed by atoms with Gasteiger partial charge < -0.3 is 21.1 Å². The minimum absolute atomic E-state index is 0.0654. The summed E-state index contributed by atoms with van der Waals surface area (Å²) >= 11 is 0. The molecule has 1 rings (SSSR count).